The molecule has 0 radical (unpaired) electrons. The molecule has 1 atom stereocenters. The molecule has 0 saturated heterocycles. The summed E-state index contributed by atoms with van der Waals surface area (Å²) in [5, 5.41) is 0. The van der Waals surface area contributed by atoms with Gasteiger partial charge in [0.05, 0.1) is 0 Å². The van der Waals surface area contributed by atoms with E-state index in [9.17, 15) is 4.79 Å². The van der Waals surface area contributed by atoms with Crippen molar-refractivity contribution >= 4 is 5.78 Å². The summed E-state index contributed by atoms with van der Waals surface area (Å²) in [6.45, 7) is 10.5. The molecule has 0 spiro atoms. The van der Waals surface area contributed by atoms with E-state index in [2.05, 4.69) is 27.4 Å². The van der Waals surface area contributed by atoms with Gasteiger partial charge in [-0.1, -0.05) is 39.3 Å². The van der Waals surface area contributed by atoms with Gasteiger partial charge < -0.3 is 0 Å². The van der Waals surface area contributed by atoms with Crippen LogP contribution in [0.4, 0.5) is 0 Å². The SMILES string of the molecule is C=C(C1CCCCC1=O)C(C)(C)C. The van der Waals surface area contributed by atoms with E-state index in [4.69, 9.17) is 0 Å². The first-order valence-corrected chi connectivity index (χ1v) is 5.15. The number of ketones is 1. The molecule has 1 saturated carbocycles. The third-order valence-corrected chi connectivity index (χ3v) is 2.94. The molecule has 0 aromatic heterocycles. The van der Waals surface area contributed by atoms with Crippen LogP contribution in [0, 0.1) is 11.3 Å². The number of hydrogen-bond acceptors (Lipinski definition) is 1. The Morgan fingerprint density at radius 1 is 1.38 bits per heavy atom. The van der Waals surface area contributed by atoms with Gasteiger partial charge in [-0.25, -0.2) is 0 Å². The minimum Gasteiger partial charge on any atom is -0.299 e. The lowest BCUT2D eigenvalue weighted by atomic mass is 9.73. The smallest absolute Gasteiger partial charge is 0.140 e. The third-order valence-electron chi connectivity index (χ3n) is 2.94. The van der Waals surface area contributed by atoms with Gasteiger partial charge in [0, 0.05) is 12.3 Å². The Balaban J connectivity index is 2.70. The summed E-state index contributed by atoms with van der Waals surface area (Å²) in [6.07, 6.45) is 4.05. The van der Waals surface area contributed by atoms with Crippen LogP contribution in [-0.2, 0) is 4.79 Å². The highest BCUT2D eigenvalue weighted by Gasteiger charge is 2.30. The van der Waals surface area contributed by atoms with E-state index in [-0.39, 0.29) is 11.3 Å². The molecule has 0 N–H and O–H groups in total. The molecule has 0 aliphatic heterocycles. The molecule has 1 aliphatic rings. The highest BCUT2D eigenvalue weighted by molar-refractivity contribution is 5.84. The van der Waals surface area contributed by atoms with E-state index >= 15 is 0 Å². The number of allylic oxidation sites excluding steroid dienone is 1. The molecule has 0 heterocycles. The molecule has 1 nitrogen and oxygen atoms in total. The van der Waals surface area contributed by atoms with E-state index in [1.165, 1.54) is 6.42 Å². The van der Waals surface area contributed by atoms with Crippen LogP contribution in [0.1, 0.15) is 46.5 Å². The summed E-state index contributed by atoms with van der Waals surface area (Å²) < 4.78 is 0. The molecule has 1 unspecified atom stereocenters. The van der Waals surface area contributed by atoms with Crippen LogP contribution in [0.25, 0.3) is 0 Å². The molecule has 0 bridgehead atoms. The normalized spacial score (nSPS) is 24.5. The summed E-state index contributed by atoms with van der Waals surface area (Å²) in [6, 6.07) is 0. The molecule has 0 aromatic carbocycles. The number of rotatable bonds is 1. The standard InChI is InChI=1S/C12H20O/c1-9(12(2,3)4)10-7-5-6-8-11(10)13/h10H,1,5-8H2,2-4H3. The second-order valence-corrected chi connectivity index (χ2v) is 5.04. The molecule has 1 heteroatoms. The summed E-state index contributed by atoms with van der Waals surface area (Å²) in [5.74, 6) is 0.555. The van der Waals surface area contributed by atoms with Crippen LogP contribution in [0.15, 0.2) is 12.2 Å². The summed E-state index contributed by atoms with van der Waals surface area (Å²) in [5.41, 5.74) is 1.20. The van der Waals surface area contributed by atoms with Crippen molar-refractivity contribution in [3.63, 3.8) is 0 Å². The number of carbonyl (C=O) groups is 1. The van der Waals surface area contributed by atoms with E-state index in [1.54, 1.807) is 0 Å². The van der Waals surface area contributed by atoms with Crippen LogP contribution in [-0.4, -0.2) is 5.78 Å². The highest BCUT2D eigenvalue weighted by Crippen LogP contribution is 2.36. The molecule has 0 amide bonds. The average Bonchev–Trinajstić information content (AvgIpc) is 2.02. The van der Waals surface area contributed by atoms with Gasteiger partial charge in [0.2, 0.25) is 0 Å². The zero-order valence-electron chi connectivity index (χ0n) is 9.02. The Hall–Kier alpha value is -0.590. The first-order valence-electron chi connectivity index (χ1n) is 5.15. The van der Waals surface area contributed by atoms with Crippen molar-refractivity contribution in [3.8, 4) is 0 Å². The maximum Gasteiger partial charge on any atom is 0.140 e. The quantitative estimate of drug-likeness (QED) is 0.565. The maximum absolute atomic E-state index is 11.6. The zero-order valence-corrected chi connectivity index (χ0v) is 9.02. The predicted molar refractivity (Wildman–Crippen MR) is 55.6 cm³/mol. The molecule has 1 fully saturated rings. The van der Waals surface area contributed by atoms with Gasteiger partial charge in [-0.05, 0) is 18.3 Å². The average molecular weight is 180 g/mol. The minimum absolute atomic E-state index is 0.0810. The first kappa shape index (κ1) is 10.5. The topological polar surface area (TPSA) is 17.1 Å². The second-order valence-electron chi connectivity index (χ2n) is 5.04. The van der Waals surface area contributed by atoms with Crippen LogP contribution in [0.5, 0.6) is 0 Å². The zero-order chi connectivity index (χ0) is 10.1. The van der Waals surface area contributed by atoms with Crippen molar-refractivity contribution in [2.75, 3.05) is 0 Å². The second kappa shape index (κ2) is 3.65. The molecular formula is C12H20O. The Bertz CT molecular complexity index is 220. The Labute approximate surface area is 81.2 Å². The predicted octanol–water partition coefficient (Wildman–Crippen LogP) is 3.35. The maximum atomic E-state index is 11.6. The fourth-order valence-electron chi connectivity index (χ4n) is 1.87. The van der Waals surface area contributed by atoms with Gasteiger partial charge >= 0.3 is 0 Å². The van der Waals surface area contributed by atoms with Gasteiger partial charge in [0.15, 0.2) is 0 Å². The van der Waals surface area contributed by atoms with Crippen molar-refractivity contribution in [2.45, 2.75) is 46.5 Å². The fourth-order valence-corrected chi connectivity index (χ4v) is 1.87. The Morgan fingerprint density at radius 2 is 2.00 bits per heavy atom. The molecule has 1 rings (SSSR count). The van der Waals surface area contributed by atoms with Gasteiger partial charge in [0.25, 0.3) is 0 Å². The summed E-state index contributed by atoms with van der Waals surface area (Å²) in [7, 11) is 0. The van der Waals surface area contributed by atoms with Gasteiger partial charge in [-0.2, -0.15) is 0 Å². The minimum atomic E-state index is 0.0810. The molecule has 13 heavy (non-hydrogen) atoms. The lowest BCUT2D eigenvalue weighted by Crippen LogP contribution is -2.26. The highest BCUT2D eigenvalue weighted by atomic mass is 16.1. The largest absolute Gasteiger partial charge is 0.299 e. The van der Waals surface area contributed by atoms with Crippen molar-refractivity contribution in [1.29, 1.82) is 0 Å². The number of Topliss-reactive ketones (excluding diaryl/α,β-unsaturated/α-hetero) is 1. The van der Waals surface area contributed by atoms with E-state index in [0.29, 0.717) is 5.78 Å². The first-order chi connectivity index (χ1) is 5.93. The lowest BCUT2D eigenvalue weighted by molar-refractivity contribution is -0.123. The molecule has 74 valence electrons. The van der Waals surface area contributed by atoms with Crippen LogP contribution >= 0.6 is 0 Å². The van der Waals surface area contributed by atoms with Crippen molar-refractivity contribution in [3.05, 3.63) is 12.2 Å². The molecular weight excluding hydrogens is 160 g/mol. The van der Waals surface area contributed by atoms with E-state index in [0.717, 1.165) is 24.8 Å². The monoisotopic (exact) mass is 180 g/mol. The summed E-state index contributed by atoms with van der Waals surface area (Å²) in [4.78, 5) is 11.6. The van der Waals surface area contributed by atoms with Gasteiger partial charge in [-0.3, -0.25) is 4.79 Å². The number of carbonyl (C=O) groups excluding carboxylic acids is 1. The van der Waals surface area contributed by atoms with Crippen LogP contribution in [0.2, 0.25) is 0 Å². The van der Waals surface area contributed by atoms with Gasteiger partial charge in [-0.15, -0.1) is 0 Å². The van der Waals surface area contributed by atoms with Crippen molar-refractivity contribution in [1.82, 2.24) is 0 Å². The van der Waals surface area contributed by atoms with Crippen LogP contribution in [0.3, 0.4) is 0 Å². The third kappa shape index (κ3) is 2.43. The Kier molecular flexibility index (Phi) is 2.94. The number of hydrogen-bond donors (Lipinski definition) is 0. The van der Waals surface area contributed by atoms with Crippen molar-refractivity contribution < 1.29 is 4.79 Å². The fraction of sp³-hybridized carbons (Fsp3) is 0.750. The van der Waals surface area contributed by atoms with Gasteiger partial charge in [0.1, 0.15) is 5.78 Å². The van der Waals surface area contributed by atoms with Crippen LogP contribution < -0.4 is 0 Å². The Morgan fingerprint density at radius 3 is 2.46 bits per heavy atom. The lowest BCUT2D eigenvalue weighted by Gasteiger charge is -2.31. The van der Waals surface area contributed by atoms with Crippen molar-refractivity contribution in [2.24, 2.45) is 11.3 Å². The molecule has 1 aliphatic carbocycles. The summed E-state index contributed by atoms with van der Waals surface area (Å²) >= 11 is 0. The molecule has 0 aromatic rings. The van der Waals surface area contributed by atoms with E-state index in [1.807, 2.05) is 0 Å². The van der Waals surface area contributed by atoms with E-state index < -0.39 is 0 Å².